The zero-order valence-corrected chi connectivity index (χ0v) is 15.7. The summed E-state index contributed by atoms with van der Waals surface area (Å²) in [7, 11) is 0. The molecule has 0 aliphatic heterocycles. The SMILES string of the molecule is CCCCCCCOc1ccc(CNc2cccc3ccccc23)cc1. The van der Waals surface area contributed by atoms with Crippen LogP contribution in [0.15, 0.2) is 66.7 Å². The number of hydrogen-bond donors (Lipinski definition) is 1. The van der Waals surface area contributed by atoms with E-state index < -0.39 is 0 Å². The van der Waals surface area contributed by atoms with Crippen molar-refractivity contribution in [3.8, 4) is 5.75 Å². The van der Waals surface area contributed by atoms with Gasteiger partial charge in [0.2, 0.25) is 0 Å². The summed E-state index contributed by atoms with van der Waals surface area (Å²) in [5.74, 6) is 0.967. The first-order chi connectivity index (χ1) is 12.9. The number of ether oxygens (including phenoxy) is 1. The van der Waals surface area contributed by atoms with Crippen molar-refractivity contribution in [2.45, 2.75) is 45.6 Å². The molecule has 0 saturated heterocycles. The molecule has 3 aromatic rings. The van der Waals surface area contributed by atoms with Crippen LogP contribution in [0.3, 0.4) is 0 Å². The van der Waals surface area contributed by atoms with Gasteiger partial charge in [-0.25, -0.2) is 0 Å². The highest BCUT2D eigenvalue weighted by molar-refractivity contribution is 5.93. The van der Waals surface area contributed by atoms with Gasteiger partial charge in [-0.15, -0.1) is 0 Å². The van der Waals surface area contributed by atoms with E-state index in [0.717, 1.165) is 25.3 Å². The van der Waals surface area contributed by atoms with Gasteiger partial charge in [-0.2, -0.15) is 0 Å². The van der Waals surface area contributed by atoms with Crippen LogP contribution in [0.5, 0.6) is 5.75 Å². The minimum absolute atomic E-state index is 0.811. The van der Waals surface area contributed by atoms with Gasteiger partial charge in [0, 0.05) is 17.6 Å². The maximum atomic E-state index is 5.84. The Morgan fingerprint density at radius 2 is 1.54 bits per heavy atom. The van der Waals surface area contributed by atoms with Gasteiger partial charge in [-0.3, -0.25) is 0 Å². The number of anilines is 1. The number of hydrogen-bond acceptors (Lipinski definition) is 2. The lowest BCUT2D eigenvalue weighted by molar-refractivity contribution is 0.304. The van der Waals surface area contributed by atoms with E-state index in [2.05, 4.69) is 79.0 Å². The minimum atomic E-state index is 0.811. The number of nitrogens with one attached hydrogen (secondary N) is 1. The molecular weight excluding hydrogens is 318 g/mol. The molecule has 0 unspecified atom stereocenters. The lowest BCUT2D eigenvalue weighted by Gasteiger charge is -2.11. The molecule has 0 heterocycles. The zero-order valence-electron chi connectivity index (χ0n) is 15.7. The van der Waals surface area contributed by atoms with Crippen LogP contribution >= 0.6 is 0 Å². The van der Waals surface area contributed by atoms with E-state index in [1.165, 1.54) is 47.7 Å². The normalized spacial score (nSPS) is 10.8. The molecule has 2 nitrogen and oxygen atoms in total. The molecule has 0 aliphatic carbocycles. The van der Waals surface area contributed by atoms with Gasteiger partial charge >= 0.3 is 0 Å². The molecule has 0 radical (unpaired) electrons. The summed E-state index contributed by atoms with van der Waals surface area (Å²) in [4.78, 5) is 0. The van der Waals surface area contributed by atoms with Gasteiger partial charge in [0.25, 0.3) is 0 Å². The summed E-state index contributed by atoms with van der Waals surface area (Å²) in [6.45, 7) is 3.87. The van der Waals surface area contributed by atoms with Crippen molar-refractivity contribution in [3.05, 3.63) is 72.3 Å². The molecule has 1 N–H and O–H groups in total. The predicted octanol–water partition coefficient (Wildman–Crippen LogP) is 6.80. The van der Waals surface area contributed by atoms with Crippen LogP contribution in [-0.2, 0) is 6.54 Å². The van der Waals surface area contributed by atoms with Gasteiger partial charge in [-0.1, -0.05) is 81.1 Å². The Balaban J connectivity index is 1.48. The second-order valence-electron chi connectivity index (χ2n) is 6.79. The summed E-state index contributed by atoms with van der Waals surface area (Å²) in [5.41, 5.74) is 2.43. The van der Waals surface area contributed by atoms with Crippen LogP contribution in [0.4, 0.5) is 5.69 Å². The van der Waals surface area contributed by atoms with Crippen molar-refractivity contribution < 1.29 is 4.74 Å². The Morgan fingerprint density at radius 3 is 2.38 bits per heavy atom. The summed E-state index contributed by atoms with van der Waals surface area (Å²) >= 11 is 0. The standard InChI is InChI=1S/C24H29NO/c1-2-3-4-5-8-18-26-22-16-14-20(15-17-22)19-25-24-13-9-11-21-10-6-7-12-23(21)24/h6-7,9-17,25H,2-5,8,18-19H2,1H3. The molecule has 0 bridgehead atoms. The largest absolute Gasteiger partial charge is 0.494 e. The molecule has 0 fully saturated rings. The van der Waals surface area contributed by atoms with E-state index in [-0.39, 0.29) is 0 Å². The highest BCUT2D eigenvalue weighted by atomic mass is 16.5. The summed E-state index contributed by atoms with van der Waals surface area (Å²) in [6.07, 6.45) is 6.34. The third-order valence-electron chi connectivity index (χ3n) is 4.71. The maximum Gasteiger partial charge on any atom is 0.119 e. The molecular formula is C24H29NO. The third kappa shape index (κ3) is 5.26. The second-order valence-corrected chi connectivity index (χ2v) is 6.79. The molecule has 136 valence electrons. The summed E-state index contributed by atoms with van der Waals surface area (Å²) in [6, 6.07) is 23.3. The highest BCUT2D eigenvalue weighted by Crippen LogP contribution is 2.23. The molecule has 0 aromatic heterocycles. The quantitative estimate of drug-likeness (QED) is 0.407. The Hall–Kier alpha value is -2.48. The average Bonchev–Trinajstić information content (AvgIpc) is 2.70. The molecule has 3 rings (SSSR count). The fourth-order valence-electron chi connectivity index (χ4n) is 3.18. The van der Waals surface area contributed by atoms with Gasteiger partial charge < -0.3 is 10.1 Å². The number of rotatable bonds is 10. The van der Waals surface area contributed by atoms with Crippen LogP contribution in [0.1, 0.15) is 44.6 Å². The zero-order chi connectivity index (χ0) is 18.0. The first-order valence-electron chi connectivity index (χ1n) is 9.80. The number of unbranched alkanes of at least 4 members (excludes halogenated alkanes) is 4. The monoisotopic (exact) mass is 347 g/mol. The summed E-state index contributed by atoms with van der Waals surface area (Å²) < 4.78 is 5.84. The maximum absolute atomic E-state index is 5.84. The van der Waals surface area contributed by atoms with Crippen molar-refractivity contribution >= 4 is 16.5 Å². The lowest BCUT2D eigenvalue weighted by atomic mass is 10.1. The van der Waals surface area contributed by atoms with Crippen LogP contribution in [0.2, 0.25) is 0 Å². The van der Waals surface area contributed by atoms with Crippen molar-refractivity contribution in [2.24, 2.45) is 0 Å². The fraction of sp³-hybridized carbons (Fsp3) is 0.333. The van der Waals surface area contributed by atoms with E-state index in [1.54, 1.807) is 0 Å². The van der Waals surface area contributed by atoms with Crippen LogP contribution in [0, 0.1) is 0 Å². The summed E-state index contributed by atoms with van der Waals surface area (Å²) in [5, 5.41) is 6.08. The molecule has 0 saturated carbocycles. The van der Waals surface area contributed by atoms with E-state index in [1.807, 2.05) is 0 Å². The molecule has 0 aliphatic rings. The Morgan fingerprint density at radius 1 is 0.769 bits per heavy atom. The third-order valence-corrected chi connectivity index (χ3v) is 4.71. The topological polar surface area (TPSA) is 21.3 Å². The first kappa shape index (κ1) is 18.3. The highest BCUT2D eigenvalue weighted by Gasteiger charge is 2.01. The number of benzene rings is 3. The average molecular weight is 348 g/mol. The molecule has 0 atom stereocenters. The molecule has 2 heteroatoms. The van der Waals surface area contributed by atoms with Crippen LogP contribution < -0.4 is 10.1 Å². The van der Waals surface area contributed by atoms with Gasteiger partial charge in [0.1, 0.15) is 5.75 Å². The first-order valence-corrected chi connectivity index (χ1v) is 9.80. The Kier molecular flexibility index (Phi) is 6.95. The van der Waals surface area contributed by atoms with Crippen molar-refractivity contribution in [2.75, 3.05) is 11.9 Å². The molecule has 26 heavy (non-hydrogen) atoms. The van der Waals surface area contributed by atoms with E-state index in [0.29, 0.717) is 0 Å². The molecule has 0 amide bonds. The minimum Gasteiger partial charge on any atom is -0.494 e. The number of fused-ring (bicyclic) bond motifs is 1. The van der Waals surface area contributed by atoms with Gasteiger partial charge in [-0.05, 0) is 35.6 Å². The fourth-order valence-corrected chi connectivity index (χ4v) is 3.18. The van der Waals surface area contributed by atoms with E-state index >= 15 is 0 Å². The molecule has 3 aromatic carbocycles. The van der Waals surface area contributed by atoms with E-state index in [9.17, 15) is 0 Å². The second kappa shape index (κ2) is 9.86. The van der Waals surface area contributed by atoms with Gasteiger partial charge in [0.15, 0.2) is 0 Å². The van der Waals surface area contributed by atoms with Gasteiger partial charge in [0.05, 0.1) is 6.61 Å². The van der Waals surface area contributed by atoms with Crippen LogP contribution in [-0.4, -0.2) is 6.61 Å². The lowest BCUT2D eigenvalue weighted by Crippen LogP contribution is -2.01. The van der Waals surface area contributed by atoms with Crippen molar-refractivity contribution in [1.29, 1.82) is 0 Å². The molecule has 0 spiro atoms. The van der Waals surface area contributed by atoms with Crippen molar-refractivity contribution in [3.63, 3.8) is 0 Å². The Bertz CT molecular complexity index is 789. The van der Waals surface area contributed by atoms with E-state index in [4.69, 9.17) is 4.74 Å². The predicted molar refractivity (Wildman–Crippen MR) is 112 cm³/mol. The Labute approximate surface area is 157 Å². The smallest absolute Gasteiger partial charge is 0.119 e. The van der Waals surface area contributed by atoms with Crippen molar-refractivity contribution in [1.82, 2.24) is 0 Å². The van der Waals surface area contributed by atoms with Crippen LogP contribution in [0.25, 0.3) is 10.8 Å².